The van der Waals surface area contributed by atoms with Gasteiger partial charge < -0.3 is 24.1 Å². The summed E-state index contributed by atoms with van der Waals surface area (Å²) in [6, 6.07) is 3.36. The van der Waals surface area contributed by atoms with E-state index in [0.717, 1.165) is 12.0 Å². The van der Waals surface area contributed by atoms with Crippen LogP contribution in [0.1, 0.15) is 26.5 Å². The van der Waals surface area contributed by atoms with Crippen molar-refractivity contribution < 1.29 is 19.1 Å². The molecule has 1 aliphatic heterocycles. The van der Waals surface area contributed by atoms with Crippen LogP contribution in [-0.2, 0) is 20.8 Å². The third-order valence-corrected chi connectivity index (χ3v) is 4.08. The SMILES string of the molecule is CN(Cc1nc(Br)ccc1N1CCOCC1C=O)C(=O)OC(C)(C)C. The van der Waals surface area contributed by atoms with E-state index in [1.807, 2.05) is 37.8 Å². The Kier molecular flexibility index (Phi) is 6.40. The molecular formula is C17H24BrN3O4. The van der Waals surface area contributed by atoms with E-state index >= 15 is 0 Å². The van der Waals surface area contributed by atoms with Gasteiger partial charge in [-0.25, -0.2) is 9.78 Å². The van der Waals surface area contributed by atoms with Crippen molar-refractivity contribution in [3.8, 4) is 0 Å². The summed E-state index contributed by atoms with van der Waals surface area (Å²) in [6.45, 7) is 7.23. The fraction of sp³-hybridized carbons (Fsp3) is 0.588. The summed E-state index contributed by atoms with van der Waals surface area (Å²) in [5.74, 6) is 0. The Morgan fingerprint density at radius 2 is 2.24 bits per heavy atom. The highest BCUT2D eigenvalue weighted by atomic mass is 79.9. The summed E-state index contributed by atoms with van der Waals surface area (Å²) >= 11 is 3.37. The average molecular weight is 414 g/mol. The standard InChI is InChI=1S/C17H24BrN3O4/c1-17(2,3)25-16(23)20(4)9-13-14(5-6-15(18)19-13)21-7-8-24-11-12(21)10-22/h5-6,10,12H,7-9,11H2,1-4H3. The van der Waals surface area contributed by atoms with Crippen molar-refractivity contribution in [3.05, 3.63) is 22.4 Å². The number of hydrogen-bond donors (Lipinski definition) is 0. The molecule has 2 rings (SSSR count). The lowest BCUT2D eigenvalue weighted by molar-refractivity contribution is -0.111. The van der Waals surface area contributed by atoms with Gasteiger partial charge in [0.25, 0.3) is 0 Å². The van der Waals surface area contributed by atoms with Crippen LogP contribution in [0.2, 0.25) is 0 Å². The van der Waals surface area contributed by atoms with Crippen LogP contribution in [0.4, 0.5) is 10.5 Å². The van der Waals surface area contributed by atoms with E-state index < -0.39 is 11.7 Å². The smallest absolute Gasteiger partial charge is 0.410 e. The minimum atomic E-state index is -0.564. The molecule has 0 aliphatic carbocycles. The van der Waals surface area contributed by atoms with Crippen LogP contribution in [0.3, 0.4) is 0 Å². The predicted molar refractivity (Wildman–Crippen MR) is 97.7 cm³/mol. The molecule has 1 atom stereocenters. The lowest BCUT2D eigenvalue weighted by Crippen LogP contribution is -2.47. The highest BCUT2D eigenvalue weighted by Crippen LogP contribution is 2.26. The molecule has 0 radical (unpaired) electrons. The Balaban J connectivity index is 2.23. The Labute approximate surface area is 156 Å². The van der Waals surface area contributed by atoms with Crippen LogP contribution in [0.15, 0.2) is 16.7 Å². The Bertz CT molecular complexity index is 633. The van der Waals surface area contributed by atoms with Gasteiger partial charge in [-0.15, -0.1) is 0 Å². The zero-order valence-electron chi connectivity index (χ0n) is 15.0. The van der Waals surface area contributed by atoms with Gasteiger partial charge in [-0.05, 0) is 48.8 Å². The topological polar surface area (TPSA) is 72.0 Å². The fourth-order valence-electron chi connectivity index (χ4n) is 2.51. The summed E-state index contributed by atoms with van der Waals surface area (Å²) in [4.78, 5) is 31.5. The first kappa shape index (κ1) is 19.7. The van der Waals surface area contributed by atoms with Crippen molar-refractivity contribution in [2.45, 2.75) is 39.0 Å². The molecule has 25 heavy (non-hydrogen) atoms. The quantitative estimate of drug-likeness (QED) is 0.557. The molecule has 8 heteroatoms. The average Bonchev–Trinajstić information content (AvgIpc) is 2.53. The molecule has 0 bridgehead atoms. The maximum absolute atomic E-state index is 12.2. The van der Waals surface area contributed by atoms with E-state index in [1.165, 1.54) is 4.90 Å². The van der Waals surface area contributed by atoms with Crippen LogP contribution in [0.5, 0.6) is 0 Å². The molecule has 0 saturated carbocycles. The van der Waals surface area contributed by atoms with Crippen LogP contribution < -0.4 is 4.90 Å². The molecule has 1 saturated heterocycles. The molecule has 1 aromatic heterocycles. The number of pyridine rings is 1. The summed E-state index contributed by atoms with van der Waals surface area (Å²) in [5, 5.41) is 0. The number of rotatable bonds is 4. The lowest BCUT2D eigenvalue weighted by atomic mass is 10.1. The molecule has 1 aromatic rings. The van der Waals surface area contributed by atoms with Gasteiger partial charge in [0.05, 0.1) is 31.1 Å². The number of amides is 1. The Morgan fingerprint density at radius 3 is 2.88 bits per heavy atom. The number of anilines is 1. The summed E-state index contributed by atoms with van der Waals surface area (Å²) in [5.41, 5.74) is 0.946. The third kappa shape index (κ3) is 5.40. The molecule has 7 nitrogen and oxygen atoms in total. The molecule has 0 N–H and O–H groups in total. The molecule has 0 spiro atoms. The van der Waals surface area contributed by atoms with Gasteiger partial charge in [0.2, 0.25) is 0 Å². The maximum Gasteiger partial charge on any atom is 0.410 e. The first-order valence-electron chi connectivity index (χ1n) is 8.10. The molecule has 1 aliphatic rings. The number of carbonyl (C=O) groups excluding carboxylic acids is 2. The zero-order valence-corrected chi connectivity index (χ0v) is 16.6. The van der Waals surface area contributed by atoms with Crippen molar-refractivity contribution in [2.75, 3.05) is 31.7 Å². The lowest BCUT2D eigenvalue weighted by Gasteiger charge is -2.35. The fourth-order valence-corrected chi connectivity index (χ4v) is 2.86. The summed E-state index contributed by atoms with van der Waals surface area (Å²) in [6.07, 6.45) is 0.455. The van der Waals surface area contributed by atoms with Crippen LogP contribution in [-0.4, -0.2) is 60.7 Å². The van der Waals surface area contributed by atoms with Gasteiger partial charge in [0, 0.05) is 13.6 Å². The highest BCUT2D eigenvalue weighted by Gasteiger charge is 2.27. The molecule has 0 aromatic carbocycles. The first-order chi connectivity index (χ1) is 11.7. The molecule has 138 valence electrons. The van der Waals surface area contributed by atoms with Crippen molar-refractivity contribution in [3.63, 3.8) is 0 Å². The van der Waals surface area contributed by atoms with E-state index in [2.05, 4.69) is 20.9 Å². The number of halogens is 1. The summed E-state index contributed by atoms with van der Waals surface area (Å²) in [7, 11) is 1.66. The second-order valence-corrected chi connectivity index (χ2v) is 7.72. The number of morpholine rings is 1. The van der Waals surface area contributed by atoms with E-state index in [-0.39, 0.29) is 12.6 Å². The number of nitrogens with zero attached hydrogens (tertiary/aromatic N) is 3. The number of ether oxygens (including phenoxy) is 2. The second kappa shape index (κ2) is 8.14. The van der Waals surface area contributed by atoms with Gasteiger partial charge >= 0.3 is 6.09 Å². The van der Waals surface area contributed by atoms with E-state index in [4.69, 9.17) is 9.47 Å². The molecule has 2 heterocycles. The number of carbonyl (C=O) groups is 2. The van der Waals surface area contributed by atoms with E-state index in [0.29, 0.717) is 30.1 Å². The maximum atomic E-state index is 12.2. The zero-order chi connectivity index (χ0) is 18.6. The van der Waals surface area contributed by atoms with E-state index in [1.54, 1.807) is 7.05 Å². The van der Waals surface area contributed by atoms with Gasteiger partial charge in [0.15, 0.2) is 0 Å². The normalized spacial score (nSPS) is 18.0. The Morgan fingerprint density at radius 1 is 1.52 bits per heavy atom. The van der Waals surface area contributed by atoms with Crippen molar-refractivity contribution in [2.24, 2.45) is 0 Å². The molecule has 1 fully saturated rings. The van der Waals surface area contributed by atoms with Gasteiger partial charge in [0.1, 0.15) is 22.5 Å². The molecule has 1 amide bonds. The summed E-state index contributed by atoms with van der Waals surface area (Å²) < 4.78 is 11.4. The number of aromatic nitrogens is 1. The van der Waals surface area contributed by atoms with Crippen molar-refractivity contribution in [1.29, 1.82) is 0 Å². The van der Waals surface area contributed by atoms with Crippen molar-refractivity contribution >= 4 is 34.0 Å². The van der Waals surface area contributed by atoms with Gasteiger partial charge in [-0.3, -0.25) is 0 Å². The minimum Gasteiger partial charge on any atom is -0.444 e. The van der Waals surface area contributed by atoms with E-state index in [9.17, 15) is 9.59 Å². The second-order valence-electron chi connectivity index (χ2n) is 6.91. The Hall–Kier alpha value is -1.67. The highest BCUT2D eigenvalue weighted by molar-refractivity contribution is 9.10. The molecular weight excluding hydrogens is 390 g/mol. The minimum absolute atomic E-state index is 0.270. The first-order valence-corrected chi connectivity index (χ1v) is 8.90. The largest absolute Gasteiger partial charge is 0.444 e. The van der Waals surface area contributed by atoms with Crippen LogP contribution >= 0.6 is 15.9 Å². The number of aldehydes is 1. The monoisotopic (exact) mass is 413 g/mol. The van der Waals surface area contributed by atoms with Crippen LogP contribution in [0, 0.1) is 0 Å². The predicted octanol–water partition coefficient (Wildman–Crippen LogP) is 2.62. The third-order valence-electron chi connectivity index (χ3n) is 3.64. The number of hydrogen-bond acceptors (Lipinski definition) is 6. The van der Waals surface area contributed by atoms with Crippen LogP contribution in [0.25, 0.3) is 0 Å². The van der Waals surface area contributed by atoms with Gasteiger partial charge in [-0.1, -0.05) is 0 Å². The van der Waals surface area contributed by atoms with Crippen molar-refractivity contribution in [1.82, 2.24) is 9.88 Å². The molecule has 1 unspecified atom stereocenters. The van der Waals surface area contributed by atoms with Gasteiger partial charge in [-0.2, -0.15) is 0 Å².